The molecule has 116 valence electrons. The van der Waals surface area contributed by atoms with E-state index in [1.54, 1.807) is 12.1 Å². The molecule has 1 unspecified atom stereocenters. The average molecular weight is 323 g/mol. The highest BCUT2D eigenvalue weighted by molar-refractivity contribution is 6.52. The van der Waals surface area contributed by atoms with Crippen LogP contribution in [0.4, 0.5) is 5.69 Å². The number of nitrogens with one attached hydrogen (secondary N) is 2. The van der Waals surface area contributed by atoms with Crippen LogP contribution in [0.1, 0.15) is 23.2 Å². The lowest BCUT2D eigenvalue weighted by Gasteiger charge is -2.21. The molecule has 1 aromatic rings. The minimum Gasteiger partial charge on any atom is -0.348 e. The number of Topliss-reactive ketones (excluding diaryl/α,β-unsaturated/α-hetero) is 1. The number of hydrogen-bond donors (Lipinski definition) is 2. The van der Waals surface area contributed by atoms with E-state index in [9.17, 15) is 14.4 Å². The first-order valence-electron chi connectivity index (χ1n) is 7.22. The highest BCUT2D eigenvalue weighted by Gasteiger charge is 2.37. The maximum Gasteiger partial charge on any atom is 0.303 e. The maximum absolute atomic E-state index is 12.1. The minimum atomic E-state index is -0.570. The molecule has 3 rings (SSSR count). The molecule has 1 atom stereocenters. The van der Waals surface area contributed by atoms with Crippen LogP contribution < -0.4 is 15.1 Å². The molecule has 1 heterocycles. The number of carbonyl (C=O) groups excluding carboxylic acids is 3. The second kappa shape index (κ2) is 5.70. The van der Waals surface area contributed by atoms with Gasteiger partial charge in [0.1, 0.15) is 0 Å². The molecule has 7 heteroatoms. The van der Waals surface area contributed by atoms with E-state index in [1.165, 1.54) is 11.0 Å². The average Bonchev–Trinajstić information content (AvgIpc) is 3.23. The molecule has 2 amide bonds. The number of likely N-dealkylation sites (N-methyl/N-ethyl adjacent to an activating group) is 1. The summed E-state index contributed by atoms with van der Waals surface area (Å²) in [6, 6.07) is 5.14. The van der Waals surface area contributed by atoms with Crippen molar-refractivity contribution in [2.45, 2.75) is 18.9 Å². The minimum absolute atomic E-state index is 0.0331. The van der Waals surface area contributed by atoms with Gasteiger partial charge < -0.3 is 10.2 Å². The Hall–Kier alpha value is -1.92. The molecule has 0 radical (unpaired) electrons. The summed E-state index contributed by atoms with van der Waals surface area (Å²) in [6.45, 7) is 0.523. The lowest BCUT2D eigenvalue weighted by Crippen LogP contribution is -3.12. The predicted molar refractivity (Wildman–Crippen MR) is 81.1 cm³/mol. The van der Waals surface area contributed by atoms with E-state index < -0.39 is 11.7 Å². The molecule has 2 N–H and O–H groups in total. The van der Waals surface area contributed by atoms with Crippen LogP contribution in [0.3, 0.4) is 0 Å². The van der Waals surface area contributed by atoms with Crippen molar-refractivity contribution in [1.82, 2.24) is 5.32 Å². The number of benzene rings is 1. The molecule has 1 aromatic carbocycles. The highest BCUT2D eigenvalue weighted by Crippen LogP contribution is 2.30. The Morgan fingerprint density at radius 2 is 2.14 bits per heavy atom. The number of ketones is 1. The van der Waals surface area contributed by atoms with Gasteiger partial charge in [-0.2, -0.15) is 0 Å². The second-order valence-electron chi connectivity index (χ2n) is 5.86. The zero-order chi connectivity index (χ0) is 15.9. The molecule has 1 fully saturated rings. The van der Waals surface area contributed by atoms with Gasteiger partial charge >= 0.3 is 5.91 Å². The Bertz CT molecular complexity index is 657. The summed E-state index contributed by atoms with van der Waals surface area (Å²) in [4.78, 5) is 38.1. The molecule has 6 nitrogen and oxygen atoms in total. The SMILES string of the molecule is C[NH+](CC(=O)NC1CC1)CN1C(=O)C(=O)c2cc(Cl)ccc21. The van der Waals surface area contributed by atoms with Gasteiger partial charge in [0.2, 0.25) is 0 Å². The van der Waals surface area contributed by atoms with Gasteiger partial charge in [-0.05, 0) is 31.0 Å². The standard InChI is InChI=1S/C15H16ClN3O3/c1-18(7-13(20)17-10-3-4-10)8-19-12-5-2-9(16)6-11(12)14(21)15(19)22/h2,5-6,10H,3-4,7-8H2,1H3,(H,17,20)/p+1. The summed E-state index contributed by atoms with van der Waals surface area (Å²) < 4.78 is 0. The zero-order valence-corrected chi connectivity index (χ0v) is 12.9. The van der Waals surface area contributed by atoms with Gasteiger partial charge in [-0.15, -0.1) is 0 Å². The third-order valence-corrected chi connectivity index (χ3v) is 4.00. The second-order valence-corrected chi connectivity index (χ2v) is 6.29. The first-order chi connectivity index (χ1) is 10.5. The third-order valence-electron chi connectivity index (χ3n) is 3.77. The summed E-state index contributed by atoms with van der Waals surface area (Å²) in [6.07, 6.45) is 2.08. The fourth-order valence-corrected chi connectivity index (χ4v) is 2.71. The van der Waals surface area contributed by atoms with Crippen molar-refractivity contribution >= 4 is 34.9 Å². The van der Waals surface area contributed by atoms with Crippen LogP contribution >= 0.6 is 11.6 Å². The quantitative estimate of drug-likeness (QED) is 0.726. The Kier molecular flexibility index (Phi) is 3.88. The van der Waals surface area contributed by atoms with Crippen molar-refractivity contribution in [1.29, 1.82) is 0 Å². The van der Waals surface area contributed by atoms with Crippen LogP contribution in [0.2, 0.25) is 5.02 Å². The fourth-order valence-electron chi connectivity index (χ4n) is 2.54. The number of rotatable bonds is 5. The van der Waals surface area contributed by atoms with Gasteiger partial charge in [-0.1, -0.05) is 11.6 Å². The monoisotopic (exact) mass is 322 g/mol. The van der Waals surface area contributed by atoms with Gasteiger partial charge in [0.25, 0.3) is 11.7 Å². The normalized spacial score (nSPS) is 18.4. The van der Waals surface area contributed by atoms with E-state index in [0.29, 0.717) is 22.3 Å². The topological polar surface area (TPSA) is 70.9 Å². The number of quaternary nitrogens is 1. The van der Waals surface area contributed by atoms with Crippen molar-refractivity contribution in [3.05, 3.63) is 28.8 Å². The van der Waals surface area contributed by atoms with Gasteiger partial charge in [-0.25, -0.2) is 0 Å². The van der Waals surface area contributed by atoms with Crippen molar-refractivity contribution in [2.75, 3.05) is 25.2 Å². The van der Waals surface area contributed by atoms with E-state index in [-0.39, 0.29) is 19.1 Å². The van der Waals surface area contributed by atoms with Crippen LogP contribution in [0.15, 0.2) is 18.2 Å². The van der Waals surface area contributed by atoms with Crippen molar-refractivity contribution in [3.8, 4) is 0 Å². The van der Waals surface area contributed by atoms with E-state index in [4.69, 9.17) is 11.6 Å². The number of amides is 2. The van der Waals surface area contributed by atoms with Crippen molar-refractivity contribution < 1.29 is 19.3 Å². The number of hydrogen-bond acceptors (Lipinski definition) is 3. The molecule has 0 spiro atoms. The van der Waals surface area contributed by atoms with Crippen LogP contribution in [-0.4, -0.2) is 43.9 Å². The summed E-state index contributed by atoms with van der Waals surface area (Å²) in [5.74, 6) is -1.15. The molecular formula is C15H17ClN3O3+. The number of nitrogens with zero attached hydrogens (tertiary/aromatic N) is 1. The first kappa shape index (κ1) is 15.0. The fraction of sp³-hybridized carbons (Fsp3) is 0.400. The summed E-state index contributed by atoms with van der Waals surface area (Å²) in [7, 11) is 1.82. The van der Waals surface area contributed by atoms with Crippen molar-refractivity contribution in [2.24, 2.45) is 0 Å². The highest BCUT2D eigenvalue weighted by atomic mass is 35.5. The third kappa shape index (κ3) is 2.98. The number of anilines is 1. The number of fused-ring (bicyclic) bond motifs is 1. The summed E-state index contributed by atoms with van der Waals surface area (Å²) in [5.41, 5.74) is 0.883. The van der Waals surface area contributed by atoms with Crippen LogP contribution in [-0.2, 0) is 9.59 Å². The van der Waals surface area contributed by atoms with Crippen molar-refractivity contribution in [3.63, 3.8) is 0 Å². The number of carbonyl (C=O) groups is 3. The Balaban J connectivity index is 1.68. The molecule has 1 aliphatic carbocycles. The van der Waals surface area contributed by atoms with E-state index in [1.807, 2.05) is 7.05 Å². The summed E-state index contributed by atoms with van der Waals surface area (Å²) in [5, 5.41) is 3.33. The molecule has 0 saturated heterocycles. The molecule has 0 aromatic heterocycles. The van der Waals surface area contributed by atoms with Gasteiger partial charge in [0.15, 0.2) is 13.2 Å². The van der Waals surface area contributed by atoms with Gasteiger partial charge in [0.05, 0.1) is 18.3 Å². The molecule has 0 bridgehead atoms. The van der Waals surface area contributed by atoms with E-state index >= 15 is 0 Å². The lowest BCUT2D eigenvalue weighted by atomic mass is 10.1. The first-order valence-corrected chi connectivity index (χ1v) is 7.60. The van der Waals surface area contributed by atoms with Gasteiger partial charge in [0, 0.05) is 11.1 Å². The lowest BCUT2D eigenvalue weighted by molar-refractivity contribution is -0.869. The Labute approximate surface area is 133 Å². The molecule has 22 heavy (non-hydrogen) atoms. The molecule has 1 saturated carbocycles. The predicted octanol–water partition coefficient (Wildman–Crippen LogP) is -0.380. The van der Waals surface area contributed by atoms with Crippen LogP contribution in [0.5, 0.6) is 0 Å². The Morgan fingerprint density at radius 1 is 1.41 bits per heavy atom. The smallest absolute Gasteiger partial charge is 0.303 e. The van der Waals surface area contributed by atoms with Crippen LogP contribution in [0.25, 0.3) is 0 Å². The summed E-state index contributed by atoms with van der Waals surface area (Å²) >= 11 is 5.87. The molecule has 2 aliphatic rings. The van der Waals surface area contributed by atoms with Gasteiger partial charge in [-0.3, -0.25) is 19.3 Å². The zero-order valence-electron chi connectivity index (χ0n) is 12.2. The van der Waals surface area contributed by atoms with E-state index in [0.717, 1.165) is 17.7 Å². The van der Waals surface area contributed by atoms with E-state index in [2.05, 4.69) is 5.32 Å². The van der Waals surface area contributed by atoms with Crippen LogP contribution in [0, 0.1) is 0 Å². The maximum atomic E-state index is 12.1. The molecular weight excluding hydrogens is 306 g/mol. The number of halogens is 1. The largest absolute Gasteiger partial charge is 0.348 e. The molecule has 1 aliphatic heterocycles. The Morgan fingerprint density at radius 3 is 2.82 bits per heavy atom.